The molecule has 1 aromatic heterocycles. The Morgan fingerprint density at radius 3 is 2.57 bits per heavy atom. The number of hydrogen-bond donors (Lipinski definition) is 2. The van der Waals surface area contributed by atoms with Gasteiger partial charge in [0.05, 0.1) is 12.6 Å². The molecular weight excluding hydrogens is 509 g/mol. The van der Waals surface area contributed by atoms with Gasteiger partial charge in [0, 0.05) is 27.7 Å². The molecule has 5 rings (SSSR count). The fourth-order valence-corrected chi connectivity index (χ4v) is 5.02. The number of phenolic OH excluding ortho intramolecular Hbond substituents is 1. The number of aryl methyl sites for hydroxylation is 1. The van der Waals surface area contributed by atoms with Gasteiger partial charge >= 0.3 is 0 Å². The Kier molecular flexibility index (Phi) is 7.13. The number of phenols is 1. The molecule has 0 saturated heterocycles. The van der Waals surface area contributed by atoms with Crippen molar-refractivity contribution in [2.75, 3.05) is 6.61 Å². The van der Waals surface area contributed by atoms with Gasteiger partial charge in [0.15, 0.2) is 0 Å². The topological polar surface area (TPSA) is 78.5 Å². The Labute approximate surface area is 225 Å². The number of halogens is 2. The van der Waals surface area contributed by atoms with E-state index < -0.39 is 6.04 Å². The molecule has 0 spiro atoms. The van der Waals surface area contributed by atoms with Crippen molar-refractivity contribution < 1.29 is 14.6 Å². The van der Waals surface area contributed by atoms with Crippen LogP contribution < -0.4 is 4.74 Å². The van der Waals surface area contributed by atoms with E-state index in [4.69, 9.17) is 27.9 Å². The van der Waals surface area contributed by atoms with Crippen molar-refractivity contribution in [2.24, 2.45) is 0 Å². The number of H-pyrrole nitrogens is 1. The monoisotopic (exact) mass is 535 g/mol. The number of nitrogens with one attached hydrogen (secondary N) is 1. The van der Waals surface area contributed by atoms with E-state index in [1.807, 2.05) is 55.5 Å². The van der Waals surface area contributed by atoms with Gasteiger partial charge in [0.25, 0.3) is 5.91 Å². The van der Waals surface area contributed by atoms with Crippen LogP contribution in [-0.4, -0.2) is 32.7 Å². The first-order valence-corrected chi connectivity index (χ1v) is 13.0. The first kappa shape index (κ1) is 25.2. The van der Waals surface area contributed by atoms with Crippen LogP contribution in [-0.2, 0) is 6.54 Å². The second kappa shape index (κ2) is 10.5. The smallest absolute Gasteiger partial charge is 0.273 e. The van der Waals surface area contributed by atoms with Gasteiger partial charge in [0.1, 0.15) is 22.9 Å². The maximum absolute atomic E-state index is 13.7. The molecule has 2 heterocycles. The minimum atomic E-state index is -0.461. The number of aromatic nitrogens is 2. The number of rotatable bonds is 8. The molecule has 37 heavy (non-hydrogen) atoms. The summed E-state index contributed by atoms with van der Waals surface area (Å²) in [5, 5.41) is 19.2. The second-order valence-electron chi connectivity index (χ2n) is 9.18. The highest BCUT2D eigenvalue weighted by molar-refractivity contribution is 6.32. The number of aromatic amines is 1. The standard InChI is InChI=1S/C29H27Cl2N3O3/c1-3-4-13-37-20-11-9-18(10-12-20)28-25-26(21-15-23(31)17(2)14-24(21)35)32-33-27(25)29(36)34(28)16-19-7-5-6-8-22(19)30/h5-12,14-15,28,35H,3-4,13,16H2,1-2H3,(H,32,33). The maximum atomic E-state index is 13.7. The zero-order chi connectivity index (χ0) is 26.1. The van der Waals surface area contributed by atoms with Gasteiger partial charge in [-0.25, -0.2) is 0 Å². The van der Waals surface area contributed by atoms with Crippen LogP contribution >= 0.6 is 23.2 Å². The molecule has 4 aromatic rings. The molecule has 0 radical (unpaired) electrons. The molecule has 0 aliphatic carbocycles. The van der Waals surface area contributed by atoms with E-state index in [2.05, 4.69) is 17.1 Å². The van der Waals surface area contributed by atoms with Crippen molar-refractivity contribution in [3.05, 3.63) is 98.7 Å². The van der Waals surface area contributed by atoms with Crippen LogP contribution in [0.2, 0.25) is 10.0 Å². The van der Waals surface area contributed by atoms with Gasteiger partial charge in [-0.1, -0.05) is 66.9 Å². The highest BCUT2D eigenvalue weighted by atomic mass is 35.5. The van der Waals surface area contributed by atoms with Gasteiger partial charge in [-0.05, 0) is 60.4 Å². The summed E-state index contributed by atoms with van der Waals surface area (Å²) in [6, 6.07) is 18.1. The summed E-state index contributed by atoms with van der Waals surface area (Å²) in [6.07, 6.45) is 2.04. The Hall–Kier alpha value is -3.48. The third-order valence-corrected chi connectivity index (χ3v) is 7.43. The Balaban J connectivity index is 1.60. The Morgan fingerprint density at radius 1 is 1.08 bits per heavy atom. The summed E-state index contributed by atoms with van der Waals surface area (Å²) in [4.78, 5) is 15.5. The fraction of sp³-hybridized carbons (Fsp3) is 0.241. The summed E-state index contributed by atoms with van der Waals surface area (Å²) in [7, 11) is 0. The van der Waals surface area contributed by atoms with E-state index in [9.17, 15) is 9.90 Å². The molecule has 190 valence electrons. The third kappa shape index (κ3) is 4.79. The molecule has 0 saturated carbocycles. The number of carbonyl (C=O) groups excluding carboxylic acids is 1. The maximum Gasteiger partial charge on any atom is 0.273 e. The van der Waals surface area contributed by atoms with E-state index in [1.165, 1.54) is 0 Å². The lowest BCUT2D eigenvalue weighted by atomic mass is 9.95. The molecular formula is C29H27Cl2N3O3. The molecule has 1 amide bonds. The number of hydrogen-bond acceptors (Lipinski definition) is 4. The molecule has 6 nitrogen and oxygen atoms in total. The summed E-state index contributed by atoms with van der Waals surface area (Å²) in [6.45, 7) is 4.90. The summed E-state index contributed by atoms with van der Waals surface area (Å²) < 4.78 is 5.85. The van der Waals surface area contributed by atoms with Crippen LogP contribution in [0.4, 0.5) is 0 Å². The molecule has 1 atom stereocenters. The molecule has 3 aromatic carbocycles. The first-order chi connectivity index (χ1) is 17.9. The Bertz CT molecular complexity index is 1450. The molecule has 8 heteroatoms. The van der Waals surface area contributed by atoms with Gasteiger partial charge in [-0.2, -0.15) is 5.10 Å². The zero-order valence-corrected chi connectivity index (χ0v) is 22.1. The van der Waals surface area contributed by atoms with Crippen LogP contribution in [0.3, 0.4) is 0 Å². The van der Waals surface area contributed by atoms with Gasteiger partial charge < -0.3 is 14.7 Å². The van der Waals surface area contributed by atoms with E-state index in [1.54, 1.807) is 17.0 Å². The average molecular weight is 536 g/mol. The molecule has 0 fully saturated rings. The molecule has 2 N–H and O–H groups in total. The quantitative estimate of drug-likeness (QED) is 0.231. The van der Waals surface area contributed by atoms with E-state index in [-0.39, 0.29) is 11.7 Å². The number of ether oxygens (including phenoxy) is 1. The van der Waals surface area contributed by atoms with Crippen molar-refractivity contribution in [3.63, 3.8) is 0 Å². The highest BCUT2D eigenvalue weighted by Crippen LogP contribution is 2.46. The lowest BCUT2D eigenvalue weighted by Gasteiger charge is -2.27. The van der Waals surface area contributed by atoms with Crippen molar-refractivity contribution in [3.8, 4) is 22.8 Å². The Morgan fingerprint density at radius 2 is 1.84 bits per heavy atom. The van der Waals surface area contributed by atoms with Crippen LogP contribution in [0.1, 0.15) is 58.5 Å². The molecule has 1 aliphatic rings. The van der Waals surface area contributed by atoms with Crippen LogP contribution in [0, 0.1) is 6.92 Å². The van der Waals surface area contributed by atoms with Crippen molar-refractivity contribution in [1.29, 1.82) is 0 Å². The summed E-state index contributed by atoms with van der Waals surface area (Å²) in [5.74, 6) is 0.626. The van der Waals surface area contributed by atoms with Crippen LogP contribution in [0.15, 0.2) is 60.7 Å². The zero-order valence-electron chi connectivity index (χ0n) is 20.6. The van der Waals surface area contributed by atoms with Crippen molar-refractivity contribution in [1.82, 2.24) is 15.1 Å². The van der Waals surface area contributed by atoms with E-state index >= 15 is 0 Å². The number of nitrogens with zero attached hydrogens (tertiary/aromatic N) is 2. The molecule has 1 aliphatic heterocycles. The summed E-state index contributed by atoms with van der Waals surface area (Å²) in [5.41, 5.74) is 4.49. The number of carbonyl (C=O) groups is 1. The highest BCUT2D eigenvalue weighted by Gasteiger charge is 2.42. The normalized spacial score (nSPS) is 14.8. The lowest BCUT2D eigenvalue weighted by molar-refractivity contribution is 0.0730. The lowest BCUT2D eigenvalue weighted by Crippen LogP contribution is -2.29. The van der Waals surface area contributed by atoms with Crippen molar-refractivity contribution >= 4 is 29.1 Å². The summed E-state index contributed by atoms with van der Waals surface area (Å²) >= 11 is 12.9. The largest absolute Gasteiger partial charge is 0.507 e. The van der Waals surface area contributed by atoms with Gasteiger partial charge in [-0.15, -0.1) is 0 Å². The number of aromatic hydroxyl groups is 1. The minimum absolute atomic E-state index is 0.0478. The predicted octanol–water partition coefficient (Wildman–Crippen LogP) is 7.32. The fourth-order valence-electron chi connectivity index (χ4n) is 4.66. The molecule has 1 unspecified atom stereocenters. The second-order valence-corrected chi connectivity index (χ2v) is 9.99. The number of amides is 1. The van der Waals surface area contributed by atoms with E-state index in [0.717, 1.165) is 35.3 Å². The number of benzene rings is 3. The first-order valence-electron chi connectivity index (χ1n) is 12.2. The minimum Gasteiger partial charge on any atom is -0.507 e. The average Bonchev–Trinajstić information content (AvgIpc) is 3.42. The SMILES string of the molecule is CCCCOc1ccc(C2c3c(-c4cc(Cl)c(C)cc4O)n[nH]c3C(=O)N2Cc2ccccc2Cl)cc1. The van der Waals surface area contributed by atoms with E-state index in [0.29, 0.717) is 45.7 Å². The molecule has 0 bridgehead atoms. The van der Waals surface area contributed by atoms with Crippen LogP contribution in [0.25, 0.3) is 11.3 Å². The van der Waals surface area contributed by atoms with Crippen molar-refractivity contribution in [2.45, 2.75) is 39.3 Å². The predicted molar refractivity (Wildman–Crippen MR) is 145 cm³/mol. The number of fused-ring (bicyclic) bond motifs is 1. The number of unbranched alkanes of at least 4 members (excludes halogenated alkanes) is 1. The third-order valence-electron chi connectivity index (χ3n) is 6.66. The van der Waals surface area contributed by atoms with Gasteiger partial charge in [0.2, 0.25) is 0 Å². The van der Waals surface area contributed by atoms with Gasteiger partial charge in [-0.3, -0.25) is 9.89 Å². The van der Waals surface area contributed by atoms with Crippen LogP contribution in [0.5, 0.6) is 11.5 Å².